The molecule has 158 valence electrons. The molecule has 0 aliphatic carbocycles. The molecular formula is C18H17F6N3OS. The van der Waals surface area contributed by atoms with Crippen LogP contribution in [0.15, 0.2) is 30.6 Å². The number of aromatic nitrogens is 2. The molecule has 0 bridgehead atoms. The maximum atomic E-state index is 12.9. The molecule has 0 saturated carbocycles. The second kappa shape index (κ2) is 8.68. The van der Waals surface area contributed by atoms with E-state index in [1.165, 1.54) is 12.4 Å². The molecule has 1 N–H and O–H groups in total. The molecule has 1 fully saturated rings. The molecule has 3 rings (SSSR count). The number of nitrogens with one attached hydrogen (secondary N) is 1. The quantitative estimate of drug-likeness (QED) is 0.635. The van der Waals surface area contributed by atoms with Gasteiger partial charge in [-0.1, -0.05) is 0 Å². The summed E-state index contributed by atoms with van der Waals surface area (Å²) in [5, 5.41) is 2.63. The summed E-state index contributed by atoms with van der Waals surface area (Å²) in [6, 6.07) is 1.43. The van der Waals surface area contributed by atoms with Crippen molar-refractivity contribution in [2.75, 3.05) is 16.8 Å². The monoisotopic (exact) mass is 437 g/mol. The number of thioether (sulfide) groups is 1. The average molecular weight is 437 g/mol. The number of alkyl halides is 6. The van der Waals surface area contributed by atoms with Crippen LogP contribution in [0.3, 0.4) is 0 Å². The van der Waals surface area contributed by atoms with Crippen LogP contribution in [0.25, 0.3) is 0 Å². The minimum atomic E-state index is -4.89. The highest BCUT2D eigenvalue weighted by molar-refractivity contribution is 7.99. The fourth-order valence-electron chi connectivity index (χ4n) is 2.77. The number of hydrogen-bond donors (Lipinski definition) is 1. The average Bonchev–Trinajstić information content (AvgIpc) is 2.67. The molecule has 29 heavy (non-hydrogen) atoms. The van der Waals surface area contributed by atoms with Gasteiger partial charge in [-0.2, -0.15) is 38.1 Å². The summed E-state index contributed by atoms with van der Waals surface area (Å²) >= 11 is 1.80. The highest BCUT2D eigenvalue weighted by atomic mass is 32.2. The third-order valence-corrected chi connectivity index (χ3v) is 5.33. The largest absolute Gasteiger partial charge is 0.486 e. The Balaban J connectivity index is 1.67. The molecular weight excluding hydrogens is 420 g/mol. The Morgan fingerprint density at radius 2 is 1.62 bits per heavy atom. The molecule has 11 heteroatoms. The molecule has 4 nitrogen and oxygen atoms in total. The van der Waals surface area contributed by atoms with Crippen LogP contribution in [-0.4, -0.2) is 27.6 Å². The summed E-state index contributed by atoms with van der Waals surface area (Å²) in [6.45, 7) is -0.299. The Kier molecular flexibility index (Phi) is 6.45. The van der Waals surface area contributed by atoms with E-state index in [4.69, 9.17) is 4.74 Å². The van der Waals surface area contributed by atoms with Crippen LogP contribution in [0.1, 0.15) is 29.5 Å². The van der Waals surface area contributed by atoms with Gasteiger partial charge >= 0.3 is 12.4 Å². The van der Waals surface area contributed by atoms with Gasteiger partial charge in [0.05, 0.1) is 23.5 Å². The summed E-state index contributed by atoms with van der Waals surface area (Å²) in [6.07, 6.45) is -4.87. The van der Waals surface area contributed by atoms with E-state index in [9.17, 15) is 26.3 Å². The zero-order valence-corrected chi connectivity index (χ0v) is 15.8. The van der Waals surface area contributed by atoms with Crippen LogP contribution in [0.2, 0.25) is 0 Å². The number of nitrogens with zero attached hydrogens (tertiary/aromatic N) is 2. The third-order valence-electron chi connectivity index (χ3n) is 4.15. The van der Waals surface area contributed by atoms with Crippen LogP contribution in [0.5, 0.6) is 5.75 Å². The minimum absolute atomic E-state index is 0.0707. The zero-order chi connectivity index (χ0) is 21.1. The van der Waals surface area contributed by atoms with Crippen molar-refractivity contribution < 1.29 is 31.1 Å². The standard InChI is InChI=1S/C18H17F6N3OS/c19-17(20,21)12-4-11(5-13(6-12)18(22,23)24)7-25-16-26-8-15(9-27-16)28-14-2-1-3-29-10-14/h4-6,8-9,14H,1-3,7,10H2,(H,25,26,27). The lowest BCUT2D eigenvalue weighted by Crippen LogP contribution is -2.23. The van der Waals surface area contributed by atoms with Gasteiger partial charge in [-0.25, -0.2) is 9.97 Å². The van der Waals surface area contributed by atoms with E-state index in [-0.39, 0.29) is 30.2 Å². The molecule has 1 aliphatic rings. The zero-order valence-electron chi connectivity index (χ0n) is 15.0. The smallest absolute Gasteiger partial charge is 0.416 e. The first-order valence-corrected chi connectivity index (χ1v) is 9.85. The van der Waals surface area contributed by atoms with Crippen molar-refractivity contribution in [2.24, 2.45) is 0 Å². The number of halogens is 6. The Morgan fingerprint density at radius 3 is 2.14 bits per heavy atom. The molecule has 1 aromatic heterocycles. The summed E-state index contributed by atoms with van der Waals surface area (Å²) < 4.78 is 83.2. The first-order chi connectivity index (χ1) is 13.6. The van der Waals surface area contributed by atoms with Crippen molar-refractivity contribution in [1.82, 2.24) is 9.97 Å². The van der Waals surface area contributed by atoms with Gasteiger partial charge < -0.3 is 10.1 Å². The number of hydrogen-bond acceptors (Lipinski definition) is 5. The summed E-state index contributed by atoms with van der Waals surface area (Å²) in [5.74, 6) is 2.50. The Hall–Kier alpha value is -2.17. The molecule has 0 radical (unpaired) electrons. The Morgan fingerprint density at radius 1 is 1.00 bits per heavy atom. The van der Waals surface area contributed by atoms with Crippen molar-refractivity contribution in [3.63, 3.8) is 0 Å². The summed E-state index contributed by atoms with van der Waals surface area (Å²) in [5.41, 5.74) is -2.91. The normalized spacial score (nSPS) is 17.8. The molecule has 1 saturated heterocycles. The molecule has 0 amide bonds. The van der Waals surface area contributed by atoms with E-state index in [0.717, 1.165) is 24.3 Å². The number of anilines is 1. The Bertz CT molecular complexity index is 788. The SMILES string of the molecule is FC(F)(F)c1cc(CNc2ncc(OC3CCCSC3)cn2)cc(C(F)(F)F)c1. The third kappa shape index (κ3) is 6.15. The van der Waals surface area contributed by atoms with Crippen molar-refractivity contribution >= 4 is 17.7 Å². The van der Waals surface area contributed by atoms with E-state index < -0.39 is 23.5 Å². The van der Waals surface area contributed by atoms with Gasteiger partial charge in [0.2, 0.25) is 5.95 Å². The van der Waals surface area contributed by atoms with Gasteiger partial charge in [0.25, 0.3) is 0 Å². The van der Waals surface area contributed by atoms with Crippen LogP contribution in [0.4, 0.5) is 32.3 Å². The first-order valence-electron chi connectivity index (χ1n) is 8.70. The first kappa shape index (κ1) is 21.5. The fourth-order valence-corrected chi connectivity index (χ4v) is 3.80. The lowest BCUT2D eigenvalue weighted by molar-refractivity contribution is -0.143. The lowest BCUT2D eigenvalue weighted by Gasteiger charge is -2.22. The van der Waals surface area contributed by atoms with Crippen LogP contribution in [0, 0.1) is 0 Å². The molecule has 0 spiro atoms. The van der Waals surface area contributed by atoms with Gasteiger partial charge in [0.15, 0.2) is 5.75 Å². The van der Waals surface area contributed by atoms with Crippen LogP contribution in [-0.2, 0) is 18.9 Å². The number of benzene rings is 1. The number of ether oxygens (including phenoxy) is 1. The summed E-state index contributed by atoms with van der Waals surface area (Å²) in [4.78, 5) is 8.01. The lowest BCUT2D eigenvalue weighted by atomic mass is 10.0. The summed E-state index contributed by atoms with van der Waals surface area (Å²) in [7, 11) is 0. The minimum Gasteiger partial charge on any atom is -0.486 e. The maximum absolute atomic E-state index is 12.9. The molecule has 1 aromatic carbocycles. The van der Waals surface area contributed by atoms with Crippen molar-refractivity contribution in [3.05, 3.63) is 47.3 Å². The second-order valence-electron chi connectivity index (χ2n) is 6.47. The van der Waals surface area contributed by atoms with Gasteiger partial charge in [0, 0.05) is 12.3 Å². The van der Waals surface area contributed by atoms with E-state index in [1.807, 2.05) is 0 Å². The predicted molar refractivity (Wildman–Crippen MR) is 96.8 cm³/mol. The highest BCUT2D eigenvalue weighted by Gasteiger charge is 2.36. The topological polar surface area (TPSA) is 47.0 Å². The molecule has 2 aromatic rings. The van der Waals surface area contributed by atoms with Crippen molar-refractivity contribution in [1.29, 1.82) is 0 Å². The van der Waals surface area contributed by atoms with Crippen LogP contribution >= 0.6 is 11.8 Å². The van der Waals surface area contributed by atoms with E-state index in [0.29, 0.717) is 17.9 Å². The van der Waals surface area contributed by atoms with Crippen LogP contribution < -0.4 is 10.1 Å². The van der Waals surface area contributed by atoms with E-state index in [1.54, 1.807) is 11.8 Å². The number of rotatable bonds is 5. The van der Waals surface area contributed by atoms with Gasteiger partial charge in [-0.3, -0.25) is 0 Å². The highest BCUT2D eigenvalue weighted by Crippen LogP contribution is 2.36. The van der Waals surface area contributed by atoms with Gasteiger partial charge in [-0.05, 0) is 42.4 Å². The van der Waals surface area contributed by atoms with Gasteiger partial charge in [0.1, 0.15) is 6.10 Å². The molecule has 1 aliphatic heterocycles. The maximum Gasteiger partial charge on any atom is 0.416 e. The van der Waals surface area contributed by atoms with Gasteiger partial charge in [-0.15, -0.1) is 0 Å². The Labute approximate surface area is 167 Å². The molecule has 2 heterocycles. The molecule has 1 unspecified atom stereocenters. The van der Waals surface area contributed by atoms with Crippen molar-refractivity contribution in [2.45, 2.75) is 37.8 Å². The second-order valence-corrected chi connectivity index (χ2v) is 7.62. The predicted octanol–water partition coefficient (Wildman–Crippen LogP) is 5.40. The van der Waals surface area contributed by atoms with E-state index in [2.05, 4.69) is 15.3 Å². The fraction of sp³-hybridized carbons (Fsp3) is 0.444. The van der Waals surface area contributed by atoms with E-state index >= 15 is 0 Å². The molecule has 1 atom stereocenters. The van der Waals surface area contributed by atoms with Crippen molar-refractivity contribution in [3.8, 4) is 5.75 Å².